The van der Waals surface area contributed by atoms with Gasteiger partial charge in [0.25, 0.3) is 0 Å². The van der Waals surface area contributed by atoms with E-state index in [1.165, 1.54) is 49.7 Å². The topological polar surface area (TPSA) is 43.5 Å². The molecule has 5 aliphatic rings. The van der Waals surface area contributed by atoms with Gasteiger partial charge in [-0.05, 0) is 67.9 Å². The van der Waals surface area contributed by atoms with Crippen LogP contribution in [-0.4, -0.2) is 50.8 Å². The molecule has 4 nitrogen and oxygen atoms in total. The van der Waals surface area contributed by atoms with Gasteiger partial charge in [0.15, 0.2) is 0 Å². The van der Waals surface area contributed by atoms with Crippen LogP contribution in [0, 0.1) is 11.8 Å². The highest BCUT2D eigenvalue weighted by Crippen LogP contribution is 2.41. The van der Waals surface area contributed by atoms with Crippen LogP contribution in [0.3, 0.4) is 0 Å². The van der Waals surface area contributed by atoms with E-state index >= 15 is 0 Å². The van der Waals surface area contributed by atoms with E-state index < -0.39 is 0 Å². The van der Waals surface area contributed by atoms with E-state index in [-0.39, 0.29) is 5.41 Å². The molecule has 2 aliphatic heterocycles. The van der Waals surface area contributed by atoms with Gasteiger partial charge in [-0.2, -0.15) is 0 Å². The smallest absolute Gasteiger partial charge is 0.0845 e. The predicted octanol–water partition coefficient (Wildman–Crippen LogP) is 4.98. The molecule has 172 valence electrons. The quantitative estimate of drug-likeness (QED) is 0.512. The molecule has 32 heavy (non-hydrogen) atoms. The van der Waals surface area contributed by atoms with Gasteiger partial charge < -0.3 is 18.9 Å². The van der Waals surface area contributed by atoms with Crippen LogP contribution in [0.15, 0.2) is 54.1 Å². The van der Waals surface area contributed by atoms with Crippen molar-refractivity contribution in [2.45, 2.75) is 74.8 Å². The Bertz CT molecular complexity index is 848. The maximum Gasteiger partial charge on any atom is 0.0845 e. The first-order chi connectivity index (χ1) is 15.8. The molecule has 7 atom stereocenters. The van der Waals surface area contributed by atoms with Crippen LogP contribution in [0.2, 0.25) is 0 Å². The van der Waals surface area contributed by atoms with Gasteiger partial charge in [0, 0.05) is 18.6 Å². The number of hydrogen-bond acceptors (Lipinski definition) is 4. The highest BCUT2D eigenvalue weighted by molar-refractivity contribution is 5.39. The van der Waals surface area contributed by atoms with Gasteiger partial charge in [0.05, 0.1) is 37.6 Å². The second kappa shape index (κ2) is 9.06. The molecule has 7 unspecified atom stereocenters. The van der Waals surface area contributed by atoms with E-state index in [0.717, 1.165) is 26.2 Å². The molecule has 4 fully saturated rings. The van der Waals surface area contributed by atoms with Crippen LogP contribution in [0.5, 0.6) is 0 Å². The van der Waals surface area contributed by atoms with Crippen molar-refractivity contribution in [3.63, 3.8) is 0 Å². The third-order valence-corrected chi connectivity index (χ3v) is 8.25. The van der Waals surface area contributed by atoms with Gasteiger partial charge in [0.1, 0.15) is 0 Å². The number of ether oxygens (including phenoxy) is 4. The maximum atomic E-state index is 6.37. The van der Waals surface area contributed by atoms with Crippen molar-refractivity contribution in [1.82, 2.24) is 0 Å². The summed E-state index contributed by atoms with van der Waals surface area (Å²) >= 11 is 0. The molecule has 0 N–H and O–H groups in total. The van der Waals surface area contributed by atoms with E-state index in [9.17, 15) is 0 Å². The highest BCUT2D eigenvalue weighted by Gasteiger charge is 2.44. The molecular formula is C28H36O4. The molecule has 2 saturated carbocycles. The second-order valence-electron chi connectivity index (χ2n) is 10.7. The fourth-order valence-electron chi connectivity index (χ4n) is 6.02. The molecule has 0 bridgehead atoms. The lowest BCUT2D eigenvalue weighted by Gasteiger charge is -2.34. The minimum atomic E-state index is -0.0836. The van der Waals surface area contributed by atoms with Crippen LogP contribution in [0.1, 0.15) is 50.5 Å². The van der Waals surface area contributed by atoms with Gasteiger partial charge >= 0.3 is 0 Å². The number of rotatable bonds is 9. The predicted molar refractivity (Wildman–Crippen MR) is 124 cm³/mol. The van der Waals surface area contributed by atoms with Crippen molar-refractivity contribution >= 4 is 0 Å². The SMILES string of the molecule is C1=CC(COCC2CCC3OC3C2)(c2ccccc2)CC=C1COCC1CCC2OC2C1. The molecule has 2 heterocycles. The van der Waals surface area contributed by atoms with E-state index in [1.807, 2.05) is 0 Å². The largest absolute Gasteiger partial charge is 0.380 e. The van der Waals surface area contributed by atoms with Crippen LogP contribution in [0.4, 0.5) is 0 Å². The van der Waals surface area contributed by atoms with Crippen molar-refractivity contribution in [2.75, 3.05) is 26.4 Å². The van der Waals surface area contributed by atoms with Gasteiger partial charge in [-0.25, -0.2) is 0 Å². The summed E-state index contributed by atoms with van der Waals surface area (Å²) in [5.74, 6) is 1.31. The zero-order valence-corrected chi connectivity index (χ0v) is 19.0. The van der Waals surface area contributed by atoms with Gasteiger partial charge in [-0.15, -0.1) is 0 Å². The molecule has 6 rings (SSSR count). The Hall–Kier alpha value is -1.46. The summed E-state index contributed by atoms with van der Waals surface area (Å²) in [6, 6.07) is 10.8. The first-order valence-corrected chi connectivity index (χ1v) is 12.7. The zero-order valence-electron chi connectivity index (χ0n) is 19.0. The third-order valence-electron chi connectivity index (χ3n) is 8.25. The lowest BCUT2D eigenvalue weighted by molar-refractivity contribution is 0.0613. The lowest BCUT2D eigenvalue weighted by atomic mass is 9.75. The summed E-state index contributed by atoms with van der Waals surface area (Å²) < 4.78 is 23.8. The normalized spacial score (nSPS) is 39.7. The molecular weight excluding hydrogens is 400 g/mol. The molecule has 2 saturated heterocycles. The Morgan fingerprint density at radius 2 is 1.50 bits per heavy atom. The Kier molecular flexibility index (Phi) is 5.97. The Morgan fingerprint density at radius 3 is 2.12 bits per heavy atom. The number of allylic oxidation sites excluding steroid dienone is 1. The first kappa shape index (κ1) is 21.1. The molecule has 1 aromatic rings. The van der Waals surface area contributed by atoms with Gasteiger partial charge in [-0.1, -0.05) is 48.6 Å². The fourth-order valence-corrected chi connectivity index (χ4v) is 6.02. The van der Waals surface area contributed by atoms with Crippen LogP contribution in [-0.2, 0) is 24.4 Å². The number of fused-ring (bicyclic) bond motifs is 2. The number of benzene rings is 1. The van der Waals surface area contributed by atoms with Crippen molar-refractivity contribution in [1.29, 1.82) is 0 Å². The summed E-state index contributed by atoms with van der Waals surface area (Å²) in [5, 5.41) is 0. The summed E-state index contributed by atoms with van der Waals surface area (Å²) in [5.41, 5.74) is 2.54. The zero-order chi connectivity index (χ0) is 21.4. The van der Waals surface area contributed by atoms with Crippen LogP contribution >= 0.6 is 0 Å². The molecule has 4 heteroatoms. The molecule has 0 aromatic heterocycles. The van der Waals surface area contributed by atoms with Crippen LogP contribution < -0.4 is 0 Å². The molecule has 0 spiro atoms. The minimum absolute atomic E-state index is 0.0836. The molecule has 0 amide bonds. The first-order valence-electron chi connectivity index (χ1n) is 12.7. The molecule has 3 aliphatic carbocycles. The number of epoxide rings is 2. The van der Waals surface area contributed by atoms with Gasteiger partial charge in [0.2, 0.25) is 0 Å². The lowest BCUT2D eigenvalue weighted by Crippen LogP contribution is -2.32. The van der Waals surface area contributed by atoms with E-state index in [1.54, 1.807) is 0 Å². The Morgan fingerprint density at radius 1 is 0.812 bits per heavy atom. The average molecular weight is 437 g/mol. The summed E-state index contributed by atoms with van der Waals surface area (Å²) in [4.78, 5) is 0. The monoisotopic (exact) mass is 436 g/mol. The van der Waals surface area contributed by atoms with E-state index in [2.05, 4.69) is 48.6 Å². The van der Waals surface area contributed by atoms with Crippen molar-refractivity contribution in [2.24, 2.45) is 11.8 Å². The van der Waals surface area contributed by atoms with E-state index in [0.29, 0.717) is 42.9 Å². The van der Waals surface area contributed by atoms with Crippen molar-refractivity contribution < 1.29 is 18.9 Å². The average Bonchev–Trinajstić information content (AvgIpc) is 3.75. The van der Waals surface area contributed by atoms with Crippen molar-refractivity contribution in [3.05, 3.63) is 59.7 Å². The third kappa shape index (κ3) is 4.75. The van der Waals surface area contributed by atoms with Gasteiger partial charge in [-0.3, -0.25) is 0 Å². The summed E-state index contributed by atoms with van der Waals surface area (Å²) in [6.45, 7) is 3.14. The van der Waals surface area contributed by atoms with E-state index in [4.69, 9.17) is 18.9 Å². The fraction of sp³-hybridized carbons (Fsp3) is 0.643. The Labute approximate surface area is 192 Å². The minimum Gasteiger partial charge on any atom is -0.380 e. The summed E-state index contributed by atoms with van der Waals surface area (Å²) in [7, 11) is 0. The van der Waals surface area contributed by atoms with Crippen LogP contribution in [0.25, 0.3) is 0 Å². The maximum absolute atomic E-state index is 6.37. The molecule has 0 radical (unpaired) electrons. The number of hydrogen-bond donors (Lipinski definition) is 0. The summed E-state index contributed by atoms with van der Waals surface area (Å²) in [6.07, 6.45) is 17.4. The second-order valence-corrected chi connectivity index (χ2v) is 10.7. The standard InChI is InChI=1S/C28H36O4/c1-2-4-23(5-3-1)28(19-30-18-22-7-9-25-27(15-22)32-25)12-10-20(11-13-28)16-29-17-21-6-8-24-26(14-21)31-24/h1-5,10-12,21-22,24-27H,6-9,13-19H2. The van der Waals surface area contributed by atoms with Crippen molar-refractivity contribution in [3.8, 4) is 0 Å². The molecule has 1 aromatic carbocycles. The highest BCUT2D eigenvalue weighted by atomic mass is 16.6. The Balaban J connectivity index is 1.02.